The number of nitrogens with zero attached hydrogens (tertiary/aromatic N) is 1. The highest BCUT2D eigenvalue weighted by Gasteiger charge is 2.32. The molecule has 1 atom stereocenters. The summed E-state index contributed by atoms with van der Waals surface area (Å²) in [7, 11) is 0. The summed E-state index contributed by atoms with van der Waals surface area (Å²) in [6.45, 7) is 0.422. The molecule has 0 aromatic heterocycles. The second kappa shape index (κ2) is 5.35. The van der Waals surface area contributed by atoms with Crippen molar-refractivity contribution in [2.75, 3.05) is 13.1 Å². The van der Waals surface area contributed by atoms with Crippen LogP contribution in [-0.2, 0) is 4.79 Å². The molecule has 1 aliphatic heterocycles. The Labute approximate surface area is 118 Å². The van der Waals surface area contributed by atoms with Crippen molar-refractivity contribution >= 4 is 35.1 Å². The maximum Gasteiger partial charge on any atom is 0.308 e. The molecule has 102 valence electrons. The first-order valence-electron chi connectivity index (χ1n) is 5.56. The van der Waals surface area contributed by atoms with E-state index in [1.807, 2.05) is 0 Å². The number of rotatable bonds is 2. The third-order valence-electron chi connectivity index (χ3n) is 3.07. The highest BCUT2D eigenvalue weighted by molar-refractivity contribution is 6.36. The van der Waals surface area contributed by atoms with Crippen LogP contribution in [0, 0.1) is 11.7 Å². The van der Waals surface area contributed by atoms with Crippen LogP contribution in [0.3, 0.4) is 0 Å². The third-order valence-corrected chi connectivity index (χ3v) is 3.67. The second-order valence-electron chi connectivity index (χ2n) is 4.32. The van der Waals surface area contributed by atoms with Crippen LogP contribution in [0.4, 0.5) is 4.39 Å². The molecule has 1 N–H and O–H groups in total. The first kappa shape index (κ1) is 14.1. The smallest absolute Gasteiger partial charge is 0.308 e. The maximum absolute atomic E-state index is 13.4. The van der Waals surface area contributed by atoms with Crippen LogP contribution in [0.1, 0.15) is 16.8 Å². The average molecular weight is 306 g/mol. The van der Waals surface area contributed by atoms with Crippen molar-refractivity contribution in [3.63, 3.8) is 0 Å². The largest absolute Gasteiger partial charge is 0.481 e. The summed E-state index contributed by atoms with van der Waals surface area (Å²) in [5, 5.41) is 8.77. The Bertz CT molecular complexity index is 550. The van der Waals surface area contributed by atoms with Gasteiger partial charge in [0.1, 0.15) is 5.82 Å². The Balaban J connectivity index is 2.22. The topological polar surface area (TPSA) is 57.6 Å². The van der Waals surface area contributed by atoms with Gasteiger partial charge < -0.3 is 10.0 Å². The van der Waals surface area contributed by atoms with Crippen molar-refractivity contribution in [1.82, 2.24) is 4.90 Å². The van der Waals surface area contributed by atoms with Crippen molar-refractivity contribution in [3.05, 3.63) is 33.6 Å². The lowest BCUT2D eigenvalue weighted by Crippen LogP contribution is -2.30. The molecule has 1 fully saturated rings. The van der Waals surface area contributed by atoms with Crippen molar-refractivity contribution < 1.29 is 19.1 Å². The molecule has 1 unspecified atom stereocenters. The zero-order chi connectivity index (χ0) is 14.2. The lowest BCUT2D eigenvalue weighted by Gasteiger charge is -2.16. The van der Waals surface area contributed by atoms with Gasteiger partial charge in [-0.25, -0.2) is 4.39 Å². The molecule has 0 saturated carbocycles. The minimum absolute atomic E-state index is 0.00499. The lowest BCUT2D eigenvalue weighted by molar-refractivity contribution is -0.141. The van der Waals surface area contributed by atoms with Gasteiger partial charge in [0.05, 0.1) is 21.5 Å². The van der Waals surface area contributed by atoms with Crippen LogP contribution in [0.5, 0.6) is 0 Å². The molecule has 1 heterocycles. The predicted octanol–water partition coefficient (Wildman–Crippen LogP) is 2.68. The van der Waals surface area contributed by atoms with Gasteiger partial charge in [-0.3, -0.25) is 9.59 Å². The van der Waals surface area contributed by atoms with E-state index in [1.54, 1.807) is 0 Å². The van der Waals surface area contributed by atoms with E-state index in [0.717, 1.165) is 12.1 Å². The number of halogens is 3. The maximum atomic E-state index is 13.4. The number of carbonyl (C=O) groups is 2. The van der Waals surface area contributed by atoms with Crippen molar-refractivity contribution in [2.45, 2.75) is 6.42 Å². The fourth-order valence-corrected chi connectivity index (χ4v) is 2.47. The standard InChI is InChI=1S/C12H10Cl2FNO3/c13-8-4-9(14)10(15)3-7(8)11(17)16-2-1-6(5-16)12(18)19/h3-4,6H,1-2,5H2,(H,18,19). The normalized spacial score (nSPS) is 18.7. The first-order chi connectivity index (χ1) is 8.90. The van der Waals surface area contributed by atoms with Crippen LogP contribution in [0.2, 0.25) is 10.0 Å². The molecule has 1 aromatic carbocycles. The Kier molecular flexibility index (Phi) is 3.96. The lowest BCUT2D eigenvalue weighted by atomic mass is 10.1. The van der Waals surface area contributed by atoms with Gasteiger partial charge in [-0.2, -0.15) is 0 Å². The molecule has 4 nitrogen and oxygen atoms in total. The van der Waals surface area contributed by atoms with Gasteiger partial charge >= 0.3 is 5.97 Å². The van der Waals surface area contributed by atoms with Crippen LogP contribution in [0.15, 0.2) is 12.1 Å². The molecule has 1 aliphatic rings. The van der Waals surface area contributed by atoms with E-state index in [1.165, 1.54) is 4.90 Å². The number of amides is 1. The number of hydrogen-bond donors (Lipinski definition) is 1. The predicted molar refractivity (Wildman–Crippen MR) is 68.1 cm³/mol. The van der Waals surface area contributed by atoms with E-state index in [2.05, 4.69) is 0 Å². The van der Waals surface area contributed by atoms with E-state index in [-0.39, 0.29) is 22.2 Å². The molecule has 2 rings (SSSR count). The summed E-state index contributed by atoms with van der Waals surface area (Å²) in [4.78, 5) is 24.3. The van der Waals surface area contributed by atoms with Gasteiger partial charge in [0.15, 0.2) is 0 Å². The number of likely N-dealkylation sites (tertiary alicyclic amines) is 1. The Morgan fingerprint density at radius 3 is 2.58 bits per heavy atom. The van der Waals surface area contributed by atoms with E-state index >= 15 is 0 Å². The molecule has 7 heteroatoms. The van der Waals surface area contributed by atoms with E-state index in [9.17, 15) is 14.0 Å². The van der Waals surface area contributed by atoms with Gasteiger partial charge in [0.25, 0.3) is 5.91 Å². The molecule has 1 amide bonds. The summed E-state index contributed by atoms with van der Waals surface area (Å²) in [5.41, 5.74) is -0.00499. The molecule has 0 spiro atoms. The van der Waals surface area contributed by atoms with Crippen LogP contribution < -0.4 is 0 Å². The van der Waals surface area contributed by atoms with E-state index < -0.39 is 23.6 Å². The van der Waals surface area contributed by atoms with Crippen LogP contribution >= 0.6 is 23.2 Å². The Morgan fingerprint density at radius 1 is 1.32 bits per heavy atom. The van der Waals surface area contributed by atoms with Crippen molar-refractivity contribution in [3.8, 4) is 0 Å². The number of carboxylic acids is 1. The van der Waals surface area contributed by atoms with E-state index in [4.69, 9.17) is 28.3 Å². The zero-order valence-electron chi connectivity index (χ0n) is 9.70. The van der Waals surface area contributed by atoms with Gasteiger partial charge in [-0.15, -0.1) is 0 Å². The monoisotopic (exact) mass is 305 g/mol. The van der Waals surface area contributed by atoms with Gasteiger partial charge in [-0.05, 0) is 18.6 Å². The highest BCUT2D eigenvalue weighted by atomic mass is 35.5. The molecular formula is C12H10Cl2FNO3. The molecule has 0 radical (unpaired) electrons. The number of carboxylic acid groups (broad SMARTS) is 1. The molecular weight excluding hydrogens is 296 g/mol. The summed E-state index contributed by atoms with van der Waals surface area (Å²) >= 11 is 11.4. The molecule has 0 aliphatic carbocycles. The third kappa shape index (κ3) is 2.82. The molecule has 19 heavy (non-hydrogen) atoms. The van der Waals surface area contributed by atoms with Crippen molar-refractivity contribution in [2.24, 2.45) is 5.92 Å². The Morgan fingerprint density at radius 2 is 2.00 bits per heavy atom. The number of carbonyl (C=O) groups excluding carboxylic acids is 1. The summed E-state index contributed by atoms with van der Waals surface area (Å²) in [6, 6.07) is 2.14. The molecule has 1 aromatic rings. The van der Waals surface area contributed by atoms with Crippen LogP contribution in [-0.4, -0.2) is 35.0 Å². The highest BCUT2D eigenvalue weighted by Crippen LogP contribution is 2.27. The SMILES string of the molecule is O=C(O)C1CCN(C(=O)c2cc(F)c(Cl)cc2Cl)C1. The summed E-state index contributed by atoms with van der Waals surface area (Å²) in [6.07, 6.45) is 0.384. The number of hydrogen-bond acceptors (Lipinski definition) is 2. The summed E-state index contributed by atoms with van der Waals surface area (Å²) in [5.74, 6) is -2.74. The minimum Gasteiger partial charge on any atom is -0.481 e. The molecule has 1 saturated heterocycles. The van der Waals surface area contributed by atoms with Gasteiger partial charge in [-0.1, -0.05) is 23.2 Å². The Hall–Kier alpha value is -1.33. The second-order valence-corrected chi connectivity index (χ2v) is 5.14. The fraction of sp³-hybridized carbons (Fsp3) is 0.333. The van der Waals surface area contributed by atoms with Gasteiger partial charge in [0, 0.05) is 13.1 Å². The first-order valence-corrected chi connectivity index (χ1v) is 6.32. The van der Waals surface area contributed by atoms with Gasteiger partial charge in [0.2, 0.25) is 0 Å². The van der Waals surface area contributed by atoms with Crippen molar-refractivity contribution in [1.29, 1.82) is 0 Å². The number of benzene rings is 1. The summed E-state index contributed by atoms with van der Waals surface area (Å²) < 4.78 is 13.4. The van der Waals surface area contributed by atoms with Crippen LogP contribution in [0.25, 0.3) is 0 Å². The van der Waals surface area contributed by atoms with E-state index in [0.29, 0.717) is 13.0 Å². The quantitative estimate of drug-likeness (QED) is 0.855. The average Bonchev–Trinajstić information content (AvgIpc) is 2.82. The zero-order valence-corrected chi connectivity index (χ0v) is 11.2. The minimum atomic E-state index is -0.941. The number of aliphatic carboxylic acids is 1. The molecule has 0 bridgehead atoms. The fourth-order valence-electron chi connectivity index (χ4n) is 2.00.